The van der Waals surface area contributed by atoms with Crippen LogP contribution < -0.4 is 10.1 Å². The first-order chi connectivity index (χ1) is 8.27. The summed E-state index contributed by atoms with van der Waals surface area (Å²) in [5, 5.41) is 13.7. The average molecular weight is 237 g/mol. The molecule has 1 heterocycles. The molecule has 0 saturated carbocycles. The molecule has 0 saturated heterocycles. The molecule has 0 aliphatic rings. The van der Waals surface area contributed by atoms with Crippen LogP contribution in [0.15, 0.2) is 18.5 Å². The van der Waals surface area contributed by atoms with Crippen LogP contribution >= 0.6 is 0 Å². The zero-order valence-electron chi connectivity index (χ0n) is 9.51. The van der Waals surface area contributed by atoms with Crippen molar-refractivity contribution in [2.24, 2.45) is 0 Å². The van der Waals surface area contributed by atoms with Crippen LogP contribution in [-0.4, -0.2) is 34.4 Å². The first kappa shape index (κ1) is 11.5. The Morgan fingerprint density at radius 1 is 1.47 bits per heavy atom. The Labute approximate surface area is 97.4 Å². The Morgan fingerprint density at radius 3 is 2.88 bits per heavy atom. The molecule has 0 aliphatic carbocycles. The Hall–Kier alpha value is -2.02. The Balaban J connectivity index is 2.55. The lowest BCUT2D eigenvalue weighted by Crippen LogP contribution is -2.12. The summed E-state index contributed by atoms with van der Waals surface area (Å²) < 4.78 is 20.4. The van der Waals surface area contributed by atoms with E-state index in [2.05, 4.69) is 20.8 Å². The normalized spacial score (nSPS) is 10.5. The van der Waals surface area contributed by atoms with Gasteiger partial charge in [0.2, 0.25) is 0 Å². The summed E-state index contributed by atoms with van der Waals surface area (Å²) in [6.07, 6.45) is 1.42. The van der Waals surface area contributed by atoms with Gasteiger partial charge < -0.3 is 10.1 Å². The number of nitrogens with zero attached hydrogens (tertiary/aromatic N) is 4. The smallest absolute Gasteiger partial charge is 0.171 e. The van der Waals surface area contributed by atoms with Crippen molar-refractivity contribution in [3.8, 4) is 11.4 Å². The summed E-state index contributed by atoms with van der Waals surface area (Å²) in [5.41, 5.74) is 1.04. The van der Waals surface area contributed by atoms with Gasteiger partial charge in [0.05, 0.1) is 12.8 Å². The molecule has 90 valence electrons. The number of aromatic nitrogens is 4. The van der Waals surface area contributed by atoms with Crippen LogP contribution in [0.5, 0.6) is 5.75 Å². The zero-order chi connectivity index (χ0) is 12.3. The molecule has 0 radical (unpaired) electrons. The third kappa shape index (κ3) is 2.09. The van der Waals surface area contributed by atoms with Gasteiger partial charge >= 0.3 is 0 Å². The molecular formula is C10H12FN5O. The highest BCUT2D eigenvalue weighted by Gasteiger charge is 2.15. The Bertz CT molecular complexity index is 500. The van der Waals surface area contributed by atoms with E-state index in [1.165, 1.54) is 18.1 Å². The van der Waals surface area contributed by atoms with Gasteiger partial charge in [0, 0.05) is 12.1 Å². The standard InChI is InChI=1S/C10H12FN5O/c1-12-5-7-8(16-6-13-14-15-16)3-4-9(17-2)10(7)11/h3-4,6,12H,5H2,1-2H3. The maximum Gasteiger partial charge on any atom is 0.171 e. The number of benzene rings is 1. The van der Waals surface area contributed by atoms with E-state index in [4.69, 9.17) is 4.74 Å². The Morgan fingerprint density at radius 2 is 2.29 bits per heavy atom. The number of methoxy groups -OCH3 is 1. The lowest BCUT2D eigenvalue weighted by atomic mass is 10.1. The van der Waals surface area contributed by atoms with E-state index in [-0.39, 0.29) is 5.75 Å². The molecule has 1 N–H and O–H groups in total. The van der Waals surface area contributed by atoms with Gasteiger partial charge in [-0.3, -0.25) is 0 Å². The Kier molecular flexibility index (Phi) is 3.29. The number of halogens is 1. The molecule has 2 aromatic rings. The number of hydrogen-bond acceptors (Lipinski definition) is 5. The van der Waals surface area contributed by atoms with E-state index in [0.717, 1.165) is 0 Å². The molecule has 7 heteroatoms. The molecular weight excluding hydrogens is 225 g/mol. The lowest BCUT2D eigenvalue weighted by Gasteiger charge is -2.12. The third-order valence-electron chi connectivity index (χ3n) is 2.35. The van der Waals surface area contributed by atoms with Gasteiger partial charge in [-0.15, -0.1) is 5.10 Å². The first-order valence-electron chi connectivity index (χ1n) is 5.01. The van der Waals surface area contributed by atoms with Crippen LogP contribution in [0.4, 0.5) is 4.39 Å². The number of tetrazole rings is 1. The maximum atomic E-state index is 14.1. The molecule has 2 rings (SSSR count). The summed E-state index contributed by atoms with van der Waals surface area (Å²) in [5.74, 6) is -0.207. The second-order valence-corrected chi connectivity index (χ2v) is 3.36. The van der Waals surface area contributed by atoms with Gasteiger partial charge in [0.1, 0.15) is 6.33 Å². The zero-order valence-corrected chi connectivity index (χ0v) is 9.51. The quantitative estimate of drug-likeness (QED) is 0.840. The minimum absolute atomic E-state index is 0.201. The monoisotopic (exact) mass is 237 g/mol. The van der Waals surface area contributed by atoms with Gasteiger partial charge in [0.15, 0.2) is 11.6 Å². The third-order valence-corrected chi connectivity index (χ3v) is 2.35. The molecule has 0 bridgehead atoms. The molecule has 0 atom stereocenters. The van der Waals surface area contributed by atoms with Gasteiger partial charge in [0.25, 0.3) is 0 Å². The molecule has 1 aromatic carbocycles. The molecule has 6 nitrogen and oxygen atoms in total. The minimum atomic E-state index is -0.408. The fraction of sp³-hybridized carbons (Fsp3) is 0.300. The van der Waals surface area contributed by atoms with E-state index in [0.29, 0.717) is 17.8 Å². The van der Waals surface area contributed by atoms with Crippen LogP contribution in [0.3, 0.4) is 0 Å². The highest BCUT2D eigenvalue weighted by Crippen LogP contribution is 2.25. The molecule has 0 amide bonds. The van der Waals surface area contributed by atoms with E-state index in [1.807, 2.05) is 0 Å². The van der Waals surface area contributed by atoms with Crippen molar-refractivity contribution in [2.45, 2.75) is 6.54 Å². The van der Waals surface area contributed by atoms with Gasteiger partial charge in [-0.25, -0.2) is 9.07 Å². The van der Waals surface area contributed by atoms with E-state index >= 15 is 0 Å². The van der Waals surface area contributed by atoms with Crippen molar-refractivity contribution in [1.82, 2.24) is 25.5 Å². The summed E-state index contributed by atoms with van der Waals surface area (Å²) >= 11 is 0. The predicted octanol–water partition coefficient (Wildman–Crippen LogP) is 0.529. The van der Waals surface area contributed by atoms with Crippen molar-refractivity contribution in [2.75, 3.05) is 14.2 Å². The van der Waals surface area contributed by atoms with Gasteiger partial charge in [-0.05, 0) is 29.6 Å². The van der Waals surface area contributed by atoms with E-state index < -0.39 is 5.82 Å². The highest BCUT2D eigenvalue weighted by molar-refractivity contribution is 5.46. The van der Waals surface area contributed by atoms with Crippen molar-refractivity contribution < 1.29 is 9.13 Å². The predicted molar refractivity (Wildman–Crippen MR) is 58.4 cm³/mol. The summed E-state index contributed by atoms with van der Waals surface area (Å²) in [7, 11) is 3.17. The van der Waals surface area contributed by atoms with Crippen LogP contribution in [0.1, 0.15) is 5.56 Å². The number of nitrogens with one attached hydrogen (secondary N) is 1. The molecule has 0 fully saturated rings. The molecule has 1 aromatic heterocycles. The van der Waals surface area contributed by atoms with Crippen LogP contribution in [0, 0.1) is 5.82 Å². The molecule has 0 aliphatic heterocycles. The largest absolute Gasteiger partial charge is 0.494 e. The van der Waals surface area contributed by atoms with Gasteiger partial charge in [-0.2, -0.15) is 0 Å². The van der Waals surface area contributed by atoms with Crippen molar-refractivity contribution >= 4 is 0 Å². The molecule has 0 spiro atoms. The second-order valence-electron chi connectivity index (χ2n) is 3.36. The average Bonchev–Trinajstić information content (AvgIpc) is 2.85. The second kappa shape index (κ2) is 4.88. The van der Waals surface area contributed by atoms with Crippen LogP contribution in [-0.2, 0) is 6.54 Å². The fourth-order valence-corrected chi connectivity index (χ4v) is 1.58. The molecule has 0 unspecified atom stereocenters. The van der Waals surface area contributed by atoms with Gasteiger partial charge in [-0.1, -0.05) is 0 Å². The SMILES string of the molecule is CNCc1c(-n2cnnn2)ccc(OC)c1F. The topological polar surface area (TPSA) is 64.9 Å². The lowest BCUT2D eigenvalue weighted by molar-refractivity contribution is 0.383. The van der Waals surface area contributed by atoms with E-state index in [1.54, 1.807) is 19.2 Å². The van der Waals surface area contributed by atoms with Crippen molar-refractivity contribution in [1.29, 1.82) is 0 Å². The maximum absolute atomic E-state index is 14.1. The highest BCUT2D eigenvalue weighted by atomic mass is 19.1. The summed E-state index contributed by atoms with van der Waals surface area (Å²) in [6.45, 7) is 0.359. The summed E-state index contributed by atoms with van der Waals surface area (Å²) in [6, 6.07) is 3.26. The van der Waals surface area contributed by atoms with Crippen LogP contribution in [0.25, 0.3) is 5.69 Å². The van der Waals surface area contributed by atoms with Crippen molar-refractivity contribution in [3.63, 3.8) is 0 Å². The van der Waals surface area contributed by atoms with Crippen LogP contribution in [0.2, 0.25) is 0 Å². The van der Waals surface area contributed by atoms with E-state index in [9.17, 15) is 4.39 Å². The minimum Gasteiger partial charge on any atom is -0.494 e. The number of ether oxygens (including phenoxy) is 1. The fourth-order valence-electron chi connectivity index (χ4n) is 1.58. The first-order valence-corrected chi connectivity index (χ1v) is 5.01. The van der Waals surface area contributed by atoms with Crippen molar-refractivity contribution in [3.05, 3.63) is 29.8 Å². The number of hydrogen-bond donors (Lipinski definition) is 1. The molecule has 17 heavy (non-hydrogen) atoms. The summed E-state index contributed by atoms with van der Waals surface area (Å²) in [4.78, 5) is 0. The number of rotatable bonds is 4.